The molecule has 20 heavy (non-hydrogen) atoms. The zero-order valence-corrected chi connectivity index (χ0v) is 12.3. The third kappa shape index (κ3) is 3.73. The van der Waals surface area contributed by atoms with Gasteiger partial charge in [-0.1, -0.05) is 19.1 Å². The van der Waals surface area contributed by atoms with Gasteiger partial charge in [0.05, 0.1) is 6.61 Å². The second-order valence-corrected chi connectivity index (χ2v) is 5.32. The van der Waals surface area contributed by atoms with E-state index in [1.807, 2.05) is 32.0 Å². The Kier molecular flexibility index (Phi) is 5.01. The summed E-state index contributed by atoms with van der Waals surface area (Å²) in [5.74, 6) is -0.106. The Morgan fingerprint density at radius 1 is 1.45 bits per heavy atom. The van der Waals surface area contributed by atoms with Crippen LogP contribution >= 0.6 is 0 Å². The Balaban J connectivity index is 2.11. The Bertz CT molecular complexity index is 458. The third-order valence-electron chi connectivity index (χ3n) is 3.68. The van der Waals surface area contributed by atoms with Crippen molar-refractivity contribution in [3.63, 3.8) is 0 Å². The van der Waals surface area contributed by atoms with Crippen LogP contribution in [-0.4, -0.2) is 29.6 Å². The van der Waals surface area contributed by atoms with Crippen molar-refractivity contribution < 1.29 is 9.53 Å². The van der Waals surface area contributed by atoms with Crippen LogP contribution in [0.5, 0.6) is 0 Å². The standard InChI is InChI=1S/C16H24N2O2/c1-3-15(16(19)20-4-2)18(14-8-9-14)11-12-6-5-7-13(17)10-12/h5-7,10,14-15H,3-4,8-9,11,17H2,1-2H3. The normalized spacial score (nSPS) is 16.1. The van der Waals surface area contributed by atoms with Gasteiger partial charge in [-0.2, -0.15) is 0 Å². The minimum atomic E-state index is -0.149. The SMILES string of the molecule is CCOC(=O)C(CC)N(Cc1cccc(N)c1)C1CC1. The molecule has 2 rings (SSSR count). The number of esters is 1. The van der Waals surface area contributed by atoms with E-state index < -0.39 is 0 Å². The summed E-state index contributed by atoms with van der Waals surface area (Å²) < 4.78 is 5.21. The maximum atomic E-state index is 12.1. The van der Waals surface area contributed by atoms with Gasteiger partial charge >= 0.3 is 5.97 Å². The van der Waals surface area contributed by atoms with E-state index in [9.17, 15) is 4.79 Å². The van der Waals surface area contributed by atoms with Crippen molar-refractivity contribution in [1.29, 1.82) is 0 Å². The smallest absolute Gasteiger partial charge is 0.323 e. The number of hydrogen-bond acceptors (Lipinski definition) is 4. The number of nitrogen functional groups attached to an aromatic ring is 1. The summed E-state index contributed by atoms with van der Waals surface area (Å²) in [4.78, 5) is 14.4. The summed E-state index contributed by atoms with van der Waals surface area (Å²) in [6.45, 7) is 5.08. The molecular formula is C16H24N2O2. The minimum absolute atomic E-state index is 0.106. The van der Waals surface area contributed by atoms with Gasteiger partial charge in [-0.3, -0.25) is 9.69 Å². The summed E-state index contributed by atoms with van der Waals surface area (Å²) >= 11 is 0. The summed E-state index contributed by atoms with van der Waals surface area (Å²) in [5, 5.41) is 0. The summed E-state index contributed by atoms with van der Waals surface area (Å²) in [7, 11) is 0. The molecule has 0 spiro atoms. The molecular weight excluding hydrogens is 252 g/mol. The zero-order chi connectivity index (χ0) is 14.5. The lowest BCUT2D eigenvalue weighted by molar-refractivity contribution is -0.150. The van der Waals surface area contributed by atoms with Crippen LogP contribution in [0.1, 0.15) is 38.7 Å². The first kappa shape index (κ1) is 14.9. The molecule has 0 amide bonds. The van der Waals surface area contributed by atoms with Gasteiger partial charge in [0.15, 0.2) is 0 Å². The molecule has 1 aromatic rings. The fourth-order valence-electron chi connectivity index (χ4n) is 2.58. The highest BCUT2D eigenvalue weighted by molar-refractivity contribution is 5.75. The first-order valence-corrected chi connectivity index (χ1v) is 7.42. The average molecular weight is 276 g/mol. The van der Waals surface area contributed by atoms with E-state index in [4.69, 9.17) is 10.5 Å². The van der Waals surface area contributed by atoms with Gasteiger partial charge in [0, 0.05) is 18.3 Å². The second-order valence-electron chi connectivity index (χ2n) is 5.32. The number of nitrogens with two attached hydrogens (primary N) is 1. The molecule has 0 saturated heterocycles. The van der Waals surface area contributed by atoms with Crippen molar-refractivity contribution >= 4 is 11.7 Å². The van der Waals surface area contributed by atoms with E-state index in [1.54, 1.807) is 0 Å². The van der Waals surface area contributed by atoms with Gasteiger partial charge in [-0.25, -0.2) is 0 Å². The molecule has 1 saturated carbocycles. The van der Waals surface area contributed by atoms with Crippen molar-refractivity contribution in [2.75, 3.05) is 12.3 Å². The molecule has 1 aliphatic rings. The Hall–Kier alpha value is -1.55. The largest absolute Gasteiger partial charge is 0.465 e. The van der Waals surface area contributed by atoms with Gasteiger partial charge in [0.1, 0.15) is 6.04 Å². The maximum absolute atomic E-state index is 12.1. The van der Waals surface area contributed by atoms with Crippen LogP contribution in [0.3, 0.4) is 0 Å². The van der Waals surface area contributed by atoms with Gasteiger partial charge < -0.3 is 10.5 Å². The van der Waals surface area contributed by atoms with E-state index in [2.05, 4.69) is 11.0 Å². The molecule has 1 atom stereocenters. The van der Waals surface area contributed by atoms with E-state index >= 15 is 0 Å². The van der Waals surface area contributed by atoms with E-state index in [0.717, 1.165) is 37.1 Å². The van der Waals surface area contributed by atoms with Crippen LogP contribution in [0.15, 0.2) is 24.3 Å². The quantitative estimate of drug-likeness (QED) is 0.614. The van der Waals surface area contributed by atoms with Crippen molar-refractivity contribution in [1.82, 2.24) is 4.90 Å². The highest BCUT2D eigenvalue weighted by Crippen LogP contribution is 2.31. The minimum Gasteiger partial charge on any atom is -0.465 e. The average Bonchev–Trinajstić information content (AvgIpc) is 3.23. The van der Waals surface area contributed by atoms with Crippen molar-refractivity contribution in [2.24, 2.45) is 0 Å². The van der Waals surface area contributed by atoms with Gasteiger partial charge in [0.2, 0.25) is 0 Å². The molecule has 1 aliphatic carbocycles. The monoisotopic (exact) mass is 276 g/mol. The van der Waals surface area contributed by atoms with Crippen LogP contribution < -0.4 is 5.73 Å². The lowest BCUT2D eigenvalue weighted by Crippen LogP contribution is -2.42. The fourth-order valence-corrected chi connectivity index (χ4v) is 2.58. The number of rotatable bonds is 7. The predicted molar refractivity (Wildman–Crippen MR) is 80.1 cm³/mol. The predicted octanol–water partition coefficient (Wildman–Crippen LogP) is 2.57. The number of hydrogen-bond donors (Lipinski definition) is 1. The molecule has 4 nitrogen and oxygen atoms in total. The Morgan fingerprint density at radius 3 is 2.75 bits per heavy atom. The molecule has 1 fully saturated rings. The molecule has 0 heterocycles. The van der Waals surface area contributed by atoms with E-state index in [0.29, 0.717) is 12.6 Å². The van der Waals surface area contributed by atoms with Crippen LogP contribution in [-0.2, 0) is 16.1 Å². The molecule has 0 aromatic heterocycles. The number of ether oxygens (including phenoxy) is 1. The molecule has 2 N–H and O–H groups in total. The first-order valence-electron chi connectivity index (χ1n) is 7.42. The van der Waals surface area contributed by atoms with E-state index in [1.165, 1.54) is 0 Å². The summed E-state index contributed by atoms with van der Waals surface area (Å²) in [5.41, 5.74) is 7.75. The van der Waals surface area contributed by atoms with Crippen LogP contribution in [0.4, 0.5) is 5.69 Å². The van der Waals surface area contributed by atoms with Gasteiger partial charge in [-0.05, 0) is 43.9 Å². The van der Waals surface area contributed by atoms with E-state index in [-0.39, 0.29) is 12.0 Å². The topological polar surface area (TPSA) is 55.6 Å². The molecule has 1 unspecified atom stereocenters. The van der Waals surface area contributed by atoms with Crippen molar-refractivity contribution in [3.8, 4) is 0 Å². The van der Waals surface area contributed by atoms with Crippen LogP contribution in [0, 0.1) is 0 Å². The highest BCUT2D eigenvalue weighted by Gasteiger charge is 2.37. The zero-order valence-electron chi connectivity index (χ0n) is 12.3. The summed E-state index contributed by atoms with van der Waals surface area (Å²) in [6.07, 6.45) is 3.11. The molecule has 4 heteroatoms. The van der Waals surface area contributed by atoms with Crippen molar-refractivity contribution in [2.45, 2.75) is 51.7 Å². The second kappa shape index (κ2) is 6.75. The lowest BCUT2D eigenvalue weighted by Gasteiger charge is -2.29. The Labute approximate surface area is 120 Å². The highest BCUT2D eigenvalue weighted by atomic mass is 16.5. The lowest BCUT2D eigenvalue weighted by atomic mass is 10.1. The van der Waals surface area contributed by atoms with Crippen LogP contribution in [0.25, 0.3) is 0 Å². The van der Waals surface area contributed by atoms with Gasteiger partial charge in [0.25, 0.3) is 0 Å². The Morgan fingerprint density at radius 2 is 2.20 bits per heavy atom. The molecule has 0 aliphatic heterocycles. The molecule has 1 aromatic carbocycles. The number of carbonyl (C=O) groups excluding carboxylic acids is 1. The fraction of sp³-hybridized carbons (Fsp3) is 0.562. The number of carbonyl (C=O) groups is 1. The first-order chi connectivity index (χ1) is 9.65. The number of benzene rings is 1. The van der Waals surface area contributed by atoms with Crippen LogP contribution in [0.2, 0.25) is 0 Å². The molecule has 0 radical (unpaired) electrons. The molecule has 0 bridgehead atoms. The number of anilines is 1. The third-order valence-corrected chi connectivity index (χ3v) is 3.68. The van der Waals surface area contributed by atoms with Crippen molar-refractivity contribution in [3.05, 3.63) is 29.8 Å². The molecule has 110 valence electrons. The maximum Gasteiger partial charge on any atom is 0.323 e. The summed E-state index contributed by atoms with van der Waals surface area (Å²) in [6, 6.07) is 8.24. The number of nitrogens with zero attached hydrogens (tertiary/aromatic N) is 1. The van der Waals surface area contributed by atoms with Gasteiger partial charge in [-0.15, -0.1) is 0 Å².